The number of amides is 1. The highest BCUT2D eigenvalue weighted by Crippen LogP contribution is 2.13. The van der Waals surface area contributed by atoms with E-state index in [-0.39, 0.29) is 5.56 Å². The molecule has 0 aliphatic carbocycles. The van der Waals surface area contributed by atoms with Gasteiger partial charge in [0.25, 0.3) is 5.91 Å². The Bertz CT molecular complexity index is 546. The van der Waals surface area contributed by atoms with Crippen LogP contribution >= 0.6 is 0 Å². The fourth-order valence-corrected chi connectivity index (χ4v) is 1.36. The van der Waals surface area contributed by atoms with Crippen LogP contribution in [0, 0.1) is 0 Å². The zero-order chi connectivity index (χ0) is 12.3. The van der Waals surface area contributed by atoms with Crippen molar-refractivity contribution < 1.29 is 18.4 Å². The van der Waals surface area contributed by atoms with Gasteiger partial charge in [-0.3, -0.25) is 9.78 Å². The summed E-state index contributed by atoms with van der Waals surface area (Å²) < 4.78 is 23.4. The molecule has 1 N–H and O–H groups in total. The third-order valence-electron chi connectivity index (χ3n) is 2.11. The number of hydrogen-bond donors (Lipinski definition) is 1. The number of benzene rings is 1. The van der Waals surface area contributed by atoms with Crippen LogP contribution in [-0.4, -0.2) is 17.5 Å². The van der Waals surface area contributed by atoms with E-state index in [4.69, 9.17) is 0 Å². The lowest BCUT2D eigenvalue weighted by Crippen LogP contribution is -2.25. The lowest BCUT2D eigenvalue weighted by molar-refractivity contribution is -0.160. The van der Waals surface area contributed by atoms with Crippen molar-refractivity contribution in [1.29, 1.82) is 0 Å². The number of rotatable bonds is 3. The minimum atomic E-state index is -3.04. The Morgan fingerprint density at radius 2 is 2.18 bits per heavy atom. The number of nitrogens with one attached hydrogen (secondary N) is 1. The summed E-state index contributed by atoms with van der Waals surface area (Å²) in [5.41, 5.74) is 2.46. The van der Waals surface area contributed by atoms with Gasteiger partial charge < -0.3 is 0 Å². The molecule has 2 aromatic rings. The molecule has 0 atom stereocenters. The van der Waals surface area contributed by atoms with Crippen LogP contribution in [0.4, 0.5) is 8.78 Å². The van der Waals surface area contributed by atoms with Crippen molar-refractivity contribution in [2.24, 2.45) is 0 Å². The number of halogens is 2. The molecular formula is C11H8F2N2O2. The molecule has 2 rings (SSSR count). The lowest BCUT2D eigenvalue weighted by Gasteiger charge is -2.05. The SMILES string of the molecule is O=C(NOC(F)F)c1ccc2cccnc2c1. The van der Waals surface area contributed by atoms with Gasteiger partial charge in [-0.25, -0.2) is 10.3 Å². The Hall–Kier alpha value is -2.08. The summed E-state index contributed by atoms with van der Waals surface area (Å²) in [4.78, 5) is 19.2. The van der Waals surface area contributed by atoms with Crippen molar-refractivity contribution in [2.45, 2.75) is 6.61 Å². The summed E-state index contributed by atoms with van der Waals surface area (Å²) in [6, 6.07) is 8.29. The number of hydroxylamine groups is 1. The second-order valence-electron chi connectivity index (χ2n) is 3.22. The summed E-state index contributed by atoms with van der Waals surface area (Å²) in [6.07, 6.45) is 1.58. The van der Waals surface area contributed by atoms with Crippen molar-refractivity contribution in [3.05, 3.63) is 42.1 Å². The van der Waals surface area contributed by atoms with Crippen molar-refractivity contribution in [2.75, 3.05) is 0 Å². The van der Waals surface area contributed by atoms with E-state index in [1.807, 2.05) is 6.07 Å². The minimum Gasteiger partial charge on any atom is -0.267 e. The Labute approximate surface area is 95.2 Å². The predicted molar refractivity (Wildman–Crippen MR) is 56.3 cm³/mol. The first-order valence-electron chi connectivity index (χ1n) is 4.76. The Morgan fingerprint density at radius 3 is 2.94 bits per heavy atom. The largest absolute Gasteiger partial charge is 0.364 e. The summed E-state index contributed by atoms with van der Waals surface area (Å²) in [5, 5.41) is 0.860. The van der Waals surface area contributed by atoms with Crippen LogP contribution in [0.2, 0.25) is 0 Å². The number of hydrogen-bond acceptors (Lipinski definition) is 3. The van der Waals surface area contributed by atoms with E-state index in [2.05, 4.69) is 9.82 Å². The molecule has 88 valence electrons. The van der Waals surface area contributed by atoms with Crippen LogP contribution in [0.3, 0.4) is 0 Å². The second-order valence-corrected chi connectivity index (χ2v) is 3.22. The number of nitrogens with zero attached hydrogens (tertiary/aromatic N) is 1. The van der Waals surface area contributed by atoms with E-state index >= 15 is 0 Å². The average Bonchev–Trinajstić information content (AvgIpc) is 2.35. The summed E-state index contributed by atoms with van der Waals surface area (Å²) in [6.45, 7) is -3.04. The number of fused-ring (bicyclic) bond motifs is 1. The van der Waals surface area contributed by atoms with Gasteiger partial charge in [-0.15, -0.1) is 0 Å². The molecule has 0 bridgehead atoms. The standard InChI is InChI=1S/C11H8F2N2O2/c12-11(13)17-15-10(16)8-4-3-7-2-1-5-14-9(7)6-8/h1-6,11H,(H,15,16). The number of aromatic nitrogens is 1. The van der Waals surface area contributed by atoms with Gasteiger partial charge in [0.1, 0.15) is 0 Å². The van der Waals surface area contributed by atoms with Crippen LogP contribution in [0.1, 0.15) is 10.4 Å². The normalized spacial score (nSPS) is 10.8. The Morgan fingerprint density at radius 1 is 1.35 bits per heavy atom. The van der Waals surface area contributed by atoms with Crippen molar-refractivity contribution in [3.63, 3.8) is 0 Å². The molecule has 0 aliphatic rings. The highest BCUT2D eigenvalue weighted by Gasteiger charge is 2.09. The van der Waals surface area contributed by atoms with Crippen molar-refractivity contribution in [3.8, 4) is 0 Å². The number of pyridine rings is 1. The van der Waals surface area contributed by atoms with Crippen LogP contribution in [0.15, 0.2) is 36.5 Å². The molecule has 0 saturated carbocycles. The van der Waals surface area contributed by atoms with Crippen LogP contribution < -0.4 is 5.48 Å². The van der Waals surface area contributed by atoms with Crippen molar-refractivity contribution >= 4 is 16.8 Å². The summed E-state index contributed by atoms with van der Waals surface area (Å²) in [7, 11) is 0. The molecule has 0 fully saturated rings. The third kappa shape index (κ3) is 2.73. The summed E-state index contributed by atoms with van der Waals surface area (Å²) >= 11 is 0. The first-order valence-corrected chi connectivity index (χ1v) is 4.76. The van der Waals surface area contributed by atoms with Gasteiger partial charge in [0.15, 0.2) is 0 Å². The van der Waals surface area contributed by atoms with Gasteiger partial charge in [0.05, 0.1) is 5.52 Å². The van der Waals surface area contributed by atoms with Crippen molar-refractivity contribution in [1.82, 2.24) is 10.5 Å². The molecule has 0 saturated heterocycles. The highest BCUT2D eigenvalue weighted by molar-refractivity contribution is 5.97. The van der Waals surface area contributed by atoms with Gasteiger partial charge in [0, 0.05) is 17.1 Å². The van der Waals surface area contributed by atoms with E-state index in [9.17, 15) is 13.6 Å². The topological polar surface area (TPSA) is 51.2 Å². The van der Waals surface area contributed by atoms with E-state index in [1.54, 1.807) is 23.8 Å². The quantitative estimate of drug-likeness (QED) is 0.833. The van der Waals surface area contributed by atoms with Gasteiger partial charge in [-0.2, -0.15) is 8.78 Å². The van der Waals surface area contributed by atoms with Gasteiger partial charge in [-0.05, 0) is 18.2 Å². The molecule has 1 amide bonds. The van der Waals surface area contributed by atoms with E-state index in [0.29, 0.717) is 5.52 Å². The second kappa shape index (κ2) is 4.84. The Kier molecular flexibility index (Phi) is 3.24. The fourth-order valence-electron chi connectivity index (χ4n) is 1.36. The number of carbonyl (C=O) groups is 1. The fraction of sp³-hybridized carbons (Fsp3) is 0.0909. The minimum absolute atomic E-state index is 0.205. The van der Waals surface area contributed by atoms with E-state index in [0.717, 1.165) is 5.39 Å². The number of carbonyl (C=O) groups excluding carboxylic acids is 1. The molecule has 0 spiro atoms. The first-order chi connectivity index (χ1) is 8.16. The summed E-state index contributed by atoms with van der Waals surface area (Å²) in [5.74, 6) is -0.738. The van der Waals surface area contributed by atoms with Crippen LogP contribution in [0.5, 0.6) is 0 Å². The molecule has 6 heteroatoms. The Balaban J connectivity index is 2.21. The monoisotopic (exact) mass is 238 g/mol. The van der Waals surface area contributed by atoms with E-state index < -0.39 is 12.5 Å². The van der Waals surface area contributed by atoms with Gasteiger partial charge >= 0.3 is 6.61 Å². The molecule has 0 radical (unpaired) electrons. The zero-order valence-corrected chi connectivity index (χ0v) is 8.56. The molecule has 1 heterocycles. The smallest absolute Gasteiger partial charge is 0.267 e. The third-order valence-corrected chi connectivity index (χ3v) is 2.11. The average molecular weight is 238 g/mol. The molecule has 17 heavy (non-hydrogen) atoms. The first kappa shape index (κ1) is 11.4. The molecule has 1 aromatic carbocycles. The van der Waals surface area contributed by atoms with E-state index in [1.165, 1.54) is 12.1 Å². The maximum absolute atomic E-state index is 11.7. The predicted octanol–water partition coefficient (Wildman–Crippen LogP) is 2.12. The highest BCUT2D eigenvalue weighted by atomic mass is 19.3. The van der Waals surface area contributed by atoms with Gasteiger partial charge in [-0.1, -0.05) is 12.1 Å². The maximum atomic E-state index is 11.7. The zero-order valence-electron chi connectivity index (χ0n) is 8.56. The van der Waals surface area contributed by atoms with Crippen LogP contribution in [-0.2, 0) is 4.84 Å². The molecular weight excluding hydrogens is 230 g/mol. The molecule has 0 aliphatic heterocycles. The van der Waals surface area contributed by atoms with Gasteiger partial charge in [0.2, 0.25) is 0 Å². The van der Waals surface area contributed by atoms with Crippen LogP contribution in [0.25, 0.3) is 10.9 Å². The molecule has 1 aromatic heterocycles. The molecule has 0 unspecified atom stereocenters. The lowest BCUT2D eigenvalue weighted by atomic mass is 10.1. The maximum Gasteiger partial charge on any atom is 0.364 e. The molecule has 4 nitrogen and oxygen atoms in total. The number of alkyl halides is 2.